The van der Waals surface area contributed by atoms with Crippen LogP contribution in [0.1, 0.15) is 127 Å². The molecule has 0 saturated carbocycles. The van der Waals surface area contributed by atoms with Crippen LogP contribution in [-0.4, -0.2) is 145 Å². The second kappa shape index (κ2) is 38.3. The number of aliphatic hydroxyl groups excluding tert-OH is 2. The van der Waals surface area contributed by atoms with E-state index in [1.165, 1.54) is 75.2 Å². The van der Waals surface area contributed by atoms with Crippen molar-refractivity contribution in [3.63, 3.8) is 0 Å². The third-order valence-electron chi connectivity index (χ3n) is 22.8. The first kappa shape index (κ1) is 92.9. The number of halogens is 2. The van der Waals surface area contributed by atoms with Crippen LogP contribution in [-0.2, 0) is 26.2 Å². The number of benzene rings is 5. The molecule has 0 aliphatic rings. The van der Waals surface area contributed by atoms with Gasteiger partial charge in [-0.25, -0.2) is 78.5 Å². The number of para-hydroxylation sites is 4. The maximum atomic E-state index is 14.0. The summed E-state index contributed by atoms with van der Waals surface area (Å²) in [6.45, 7) is 21.8. The molecule has 16 heterocycles. The van der Waals surface area contributed by atoms with E-state index in [9.17, 15) is 34.5 Å². The van der Waals surface area contributed by atoms with Crippen LogP contribution in [0, 0.1) is 58.3 Å². The molecule has 5 aromatic carbocycles. The Morgan fingerprint density at radius 1 is 0.384 bits per heavy atom. The lowest BCUT2D eigenvalue weighted by atomic mass is 10.0. The van der Waals surface area contributed by atoms with Crippen molar-refractivity contribution in [3.8, 4) is 63.4 Å². The lowest BCUT2D eigenvalue weighted by Crippen LogP contribution is -2.26. The fraction of sp³-hybridized carbons (Fsp3) is 0.196. The summed E-state index contributed by atoms with van der Waals surface area (Å²) in [6.07, 6.45) is 3.83. The van der Waals surface area contributed by atoms with Gasteiger partial charge in [0.05, 0.1) is 70.9 Å². The van der Waals surface area contributed by atoms with Gasteiger partial charge in [0.2, 0.25) is 0 Å². The molecule has 0 bridgehead atoms. The van der Waals surface area contributed by atoms with Gasteiger partial charge >= 0.3 is 0 Å². The number of aliphatic hydroxyl groups is 2. The van der Waals surface area contributed by atoms with Gasteiger partial charge in [-0.1, -0.05) is 130 Å². The van der Waals surface area contributed by atoms with E-state index in [4.69, 9.17) is 59.6 Å². The minimum Gasteiger partial charge on any atom is -0.508 e. The minimum absolute atomic E-state index is 0.111. The molecule has 41 heteroatoms. The number of aromatic hydroxyl groups is 1. The summed E-state index contributed by atoms with van der Waals surface area (Å²) in [5.74, 6) is 14.7. The second-order valence-corrected chi connectivity index (χ2v) is 37.6. The van der Waals surface area contributed by atoms with Crippen molar-refractivity contribution in [2.24, 2.45) is 0 Å². The third-order valence-corrected chi connectivity index (χ3v) is 27.6. The lowest BCUT2D eigenvalue weighted by Gasteiger charge is -2.18. The highest BCUT2D eigenvalue weighted by atomic mass is 79.9. The number of thiophene rings is 4. The zero-order valence-electron chi connectivity index (χ0n) is 75.7. The Labute approximate surface area is 813 Å². The number of anilines is 4. The highest BCUT2D eigenvalue weighted by Gasteiger charge is 2.29. The van der Waals surface area contributed by atoms with Crippen LogP contribution in [0.5, 0.6) is 5.75 Å². The van der Waals surface area contributed by atoms with E-state index in [2.05, 4.69) is 122 Å². The van der Waals surface area contributed by atoms with Crippen LogP contribution in [0.3, 0.4) is 0 Å². The van der Waals surface area contributed by atoms with Crippen molar-refractivity contribution in [2.75, 3.05) is 22.9 Å². The van der Waals surface area contributed by atoms with Gasteiger partial charge in [0.15, 0.2) is 22.6 Å². The topological polar surface area (TPSA) is 479 Å². The molecule has 0 fully saturated rings. The smallest absolute Gasteiger partial charge is 0.267 e. The van der Waals surface area contributed by atoms with E-state index in [1.54, 1.807) is 76.6 Å². The SMILES string of the molecule is Cc1ccccc1-n1c(Cn2nc(C#C[C@H](C)O)c3c(N)ncnc32)nc2scc(C)c2c1=O.Cc1csc2nc(Cn3nc(-c4cccc(O)c4)c4c(N)ncnc43)n(-c3ccccc3C(C)C)c(=O)c12.Cc1csc2nc(Cn3nc(Br)c4c(N)ncnc43)n(-c3ccccc3Cl)c(=O)c12.Cc1csc2nc(Cn3nc(C#C[C@@H](C)O)c4c(N)ncnc43)n(-c3ccccc3C(C)C)c(=O)c12. The highest BCUT2D eigenvalue weighted by molar-refractivity contribution is 9.10. The number of aromatic nitrogens is 24. The number of nitrogen functional groups attached to an aromatic ring is 4. The van der Waals surface area contributed by atoms with Gasteiger partial charge in [-0.2, -0.15) is 20.4 Å². The number of hydrogen-bond donors (Lipinski definition) is 7. The Kier molecular flexibility index (Phi) is 25.8. The number of nitrogens with zero attached hydrogens (tertiary/aromatic N) is 24. The predicted octanol–water partition coefficient (Wildman–Crippen LogP) is 14.9. The van der Waals surface area contributed by atoms with Crippen molar-refractivity contribution in [2.45, 2.75) is 126 Å². The van der Waals surface area contributed by atoms with Crippen molar-refractivity contribution in [3.05, 3.63) is 293 Å². The largest absolute Gasteiger partial charge is 0.508 e. The normalized spacial score (nSPS) is 11.9. The summed E-state index contributed by atoms with van der Waals surface area (Å²) in [5, 5.41) is 60.7. The number of rotatable bonds is 15. The Hall–Kier alpha value is -15.5. The van der Waals surface area contributed by atoms with Crippen LogP contribution < -0.4 is 45.2 Å². The van der Waals surface area contributed by atoms with Crippen molar-refractivity contribution >= 4 is 181 Å². The molecule has 0 unspecified atom stereocenters. The van der Waals surface area contributed by atoms with E-state index >= 15 is 0 Å². The first-order valence-electron chi connectivity index (χ1n) is 43.1. The number of nitrogens with two attached hydrogens (primary N) is 4. The maximum absolute atomic E-state index is 14.0. The summed E-state index contributed by atoms with van der Waals surface area (Å²) < 4.78 is 13.6. The Bertz CT molecular complexity index is 8860. The molecule has 16 aromatic heterocycles. The zero-order chi connectivity index (χ0) is 97.1. The Morgan fingerprint density at radius 2 is 0.717 bits per heavy atom. The van der Waals surface area contributed by atoms with Crippen molar-refractivity contribution < 1.29 is 15.3 Å². The van der Waals surface area contributed by atoms with Gasteiger partial charge < -0.3 is 38.3 Å². The van der Waals surface area contributed by atoms with Crippen LogP contribution in [0.25, 0.3) is 119 Å². The minimum atomic E-state index is -0.833. The van der Waals surface area contributed by atoms with Crippen LogP contribution >= 0.6 is 72.9 Å². The zero-order valence-corrected chi connectivity index (χ0v) is 81.3. The molecule has 0 aliphatic heterocycles. The van der Waals surface area contributed by atoms with Crippen LogP contribution in [0.2, 0.25) is 5.02 Å². The maximum Gasteiger partial charge on any atom is 0.267 e. The molecule has 0 spiro atoms. The molecule has 2 atom stereocenters. The van der Waals surface area contributed by atoms with Gasteiger partial charge in [-0.3, -0.25) is 37.4 Å². The van der Waals surface area contributed by atoms with E-state index in [0.29, 0.717) is 152 Å². The first-order chi connectivity index (χ1) is 66.4. The fourth-order valence-corrected chi connectivity index (χ4v) is 20.8. The van der Waals surface area contributed by atoms with Gasteiger partial charge in [0.1, 0.15) is 157 Å². The standard InChI is InChI=1S/C28H25N7O2S.C26H25N7O2S.C24H21N7O2S.C19H13BrClN7OS/c1-15(2)19-9-4-5-10-20(19)35-21(32-27-22(28(35)37)16(3)13-38-27)12-34-26-23(25(29)30-14-31-26)24(33-34)17-7-6-8-18(36)11-17;1-14(2)17-7-5-6-8-19(17)33-20(30-25-21(26(33)35)15(3)12-36-25)11-32-24-22(23(27)28-13-29-24)18(31-32)10-9-16(4)34;1-13-6-4-5-7-17(13)31-18(28-23-19(24(31)33)14(2)11-34-23)10-30-22-20(21(25)26-12-27-22)16(29-30)9-8-15(3)32;1-9-7-30-18-13(9)19(29)28(11-5-3-2-4-10(11)21)12(25-18)6-27-17-14(15(20)26-27)16(22)23-8-24-17/h4-11,13-15,36H,12H2,1-3H3,(H2,29,30,31);5-8,12-14,16,34H,11H2,1-4H3,(H2,27,28,29);4-7,11-12,15,32H,10H2,1-3H3,(H2,25,26,27);2-5,7-8H,6H2,1H3,(H2,22,23,24)/t;16-;15-;/m.10./s1. The molecular formula is C97H84BrClN28O7S4. The molecule has 692 valence electrons. The van der Waals surface area contributed by atoms with E-state index in [-0.39, 0.29) is 83.5 Å². The summed E-state index contributed by atoms with van der Waals surface area (Å²) >= 11 is 15.6. The van der Waals surface area contributed by atoms with Crippen molar-refractivity contribution in [1.82, 2.24) is 117 Å². The fourth-order valence-electron chi connectivity index (χ4n) is 16.3. The molecule has 0 aliphatic carbocycles. The Balaban J connectivity index is 0.000000123. The van der Waals surface area contributed by atoms with E-state index in [1.807, 2.05) is 147 Å². The summed E-state index contributed by atoms with van der Waals surface area (Å²) in [5.41, 5.74) is 37.4. The average Bonchev–Trinajstić information content (AvgIpc) is 1.52. The van der Waals surface area contributed by atoms with Gasteiger partial charge in [0, 0.05) is 5.56 Å². The van der Waals surface area contributed by atoms with E-state index < -0.39 is 12.2 Å². The first-order valence-corrected chi connectivity index (χ1v) is 47.8. The molecule has 21 aromatic rings. The molecule has 138 heavy (non-hydrogen) atoms. The second-order valence-electron chi connectivity index (χ2n) is 33.0. The molecule has 0 radical (unpaired) electrons. The van der Waals surface area contributed by atoms with Crippen molar-refractivity contribution in [1.29, 1.82) is 0 Å². The van der Waals surface area contributed by atoms with Gasteiger partial charge in [-0.15, -0.1) is 45.3 Å². The van der Waals surface area contributed by atoms with E-state index in [0.717, 1.165) is 56.0 Å². The molecule has 0 saturated heterocycles. The Morgan fingerprint density at radius 3 is 1.11 bits per heavy atom. The number of fused-ring (bicyclic) bond motifs is 8. The van der Waals surface area contributed by atoms with Crippen LogP contribution in [0.4, 0.5) is 23.3 Å². The van der Waals surface area contributed by atoms with Crippen LogP contribution in [0.15, 0.2) is 192 Å². The number of hydrogen-bond acceptors (Lipinski definition) is 31. The third kappa shape index (κ3) is 17.6. The quantitative estimate of drug-likeness (QED) is 0.0469. The summed E-state index contributed by atoms with van der Waals surface area (Å²) in [7, 11) is 0. The monoisotopic (exact) mass is 1990 g/mol. The molecule has 21 rings (SSSR count). The number of phenolic OH excluding ortho intramolecular Hbond substituents is 1. The molecule has 35 nitrogen and oxygen atoms in total. The average molecular weight is 2000 g/mol. The number of aryl methyl sites for hydroxylation is 5. The highest BCUT2D eigenvalue weighted by Crippen LogP contribution is 2.37. The lowest BCUT2D eigenvalue weighted by molar-refractivity contribution is 0.253. The predicted molar refractivity (Wildman–Crippen MR) is 545 cm³/mol. The van der Waals surface area contributed by atoms with Gasteiger partial charge in [0.25, 0.3) is 22.2 Å². The molecular weight excluding hydrogens is 1910 g/mol. The molecule has 0 amide bonds. The summed E-state index contributed by atoms with van der Waals surface area (Å²) in [6, 6.07) is 37.4. The summed E-state index contributed by atoms with van der Waals surface area (Å²) in [4.78, 5) is 111. The molecule has 11 N–H and O–H groups in total. The number of phenols is 1. The van der Waals surface area contributed by atoms with Gasteiger partial charge in [-0.05, 0) is 191 Å².